The van der Waals surface area contributed by atoms with Crippen LogP contribution in [-0.2, 0) is 19.5 Å². The lowest BCUT2D eigenvalue weighted by Gasteiger charge is -2.28. The standard InChI is InChI=1S/C17H21N5O/c18-17-20-8-14-10-22(7-5-15(14)21-17)9-13-2-1-6-19-16(13)23-11-12-3-4-12/h1-2,6,8,12H,3-5,7,9-11H2,(H2,18,20,21). The van der Waals surface area contributed by atoms with Crippen LogP contribution in [0.2, 0.25) is 0 Å². The van der Waals surface area contributed by atoms with Gasteiger partial charge in [0.05, 0.1) is 12.3 Å². The maximum Gasteiger partial charge on any atom is 0.220 e. The quantitative estimate of drug-likeness (QED) is 0.907. The van der Waals surface area contributed by atoms with E-state index in [2.05, 4.69) is 25.9 Å². The minimum atomic E-state index is 0.361. The smallest absolute Gasteiger partial charge is 0.220 e. The molecule has 2 aliphatic rings. The molecule has 0 saturated heterocycles. The van der Waals surface area contributed by atoms with E-state index in [1.165, 1.54) is 12.8 Å². The highest BCUT2D eigenvalue weighted by Crippen LogP contribution is 2.30. The van der Waals surface area contributed by atoms with E-state index in [1.54, 1.807) is 6.20 Å². The molecule has 23 heavy (non-hydrogen) atoms. The number of nitrogens with zero attached hydrogens (tertiary/aromatic N) is 4. The number of ether oxygens (including phenoxy) is 1. The Kier molecular flexibility index (Phi) is 3.83. The number of rotatable bonds is 5. The molecule has 1 aliphatic heterocycles. The second-order valence-electron chi connectivity index (χ2n) is 6.38. The topological polar surface area (TPSA) is 77.2 Å². The summed E-state index contributed by atoms with van der Waals surface area (Å²) in [5, 5.41) is 0. The zero-order valence-corrected chi connectivity index (χ0v) is 13.1. The van der Waals surface area contributed by atoms with E-state index in [4.69, 9.17) is 10.5 Å². The molecule has 1 fully saturated rings. The van der Waals surface area contributed by atoms with Crippen molar-refractivity contribution in [2.45, 2.75) is 32.4 Å². The number of hydrogen-bond acceptors (Lipinski definition) is 6. The van der Waals surface area contributed by atoms with Crippen LogP contribution in [-0.4, -0.2) is 33.0 Å². The first-order valence-electron chi connectivity index (χ1n) is 8.17. The first-order valence-corrected chi connectivity index (χ1v) is 8.17. The molecule has 2 aromatic rings. The first-order chi connectivity index (χ1) is 11.3. The molecule has 4 rings (SSSR count). The number of fused-ring (bicyclic) bond motifs is 1. The largest absolute Gasteiger partial charge is 0.477 e. The number of nitrogens with two attached hydrogens (primary N) is 1. The van der Waals surface area contributed by atoms with Gasteiger partial charge < -0.3 is 10.5 Å². The van der Waals surface area contributed by atoms with Crippen LogP contribution < -0.4 is 10.5 Å². The maximum absolute atomic E-state index is 5.91. The minimum Gasteiger partial charge on any atom is -0.477 e. The van der Waals surface area contributed by atoms with Crippen molar-refractivity contribution in [3.63, 3.8) is 0 Å². The van der Waals surface area contributed by atoms with Crippen LogP contribution in [0.1, 0.15) is 29.7 Å². The van der Waals surface area contributed by atoms with Gasteiger partial charge >= 0.3 is 0 Å². The highest BCUT2D eigenvalue weighted by atomic mass is 16.5. The second kappa shape index (κ2) is 6.12. The summed E-state index contributed by atoms with van der Waals surface area (Å²) in [7, 11) is 0. The predicted octanol–water partition coefficient (Wildman–Crippen LogP) is 1.80. The lowest BCUT2D eigenvalue weighted by molar-refractivity contribution is 0.231. The molecule has 0 spiro atoms. The Morgan fingerprint density at radius 3 is 3.09 bits per heavy atom. The van der Waals surface area contributed by atoms with E-state index in [9.17, 15) is 0 Å². The van der Waals surface area contributed by atoms with Crippen LogP contribution in [0.3, 0.4) is 0 Å². The SMILES string of the molecule is Nc1ncc2c(n1)CCN(Cc1cccnc1OCC1CC1)C2. The normalized spacial score (nSPS) is 17.7. The van der Waals surface area contributed by atoms with Crippen molar-refractivity contribution in [1.29, 1.82) is 0 Å². The number of anilines is 1. The van der Waals surface area contributed by atoms with E-state index in [1.807, 2.05) is 12.3 Å². The monoisotopic (exact) mass is 311 g/mol. The van der Waals surface area contributed by atoms with Crippen molar-refractivity contribution >= 4 is 5.95 Å². The Hall–Kier alpha value is -2.21. The van der Waals surface area contributed by atoms with Crippen LogP contribution in [0, 0.1) is 5.92 Å². The molecule has 1 saturated carbocycles. The maximum atomic E-state index is 5.91. The molecule has 0 atom stereocenters. The minimum absolute atomic E-state index is 0.361. The van der Waals surface area contributed by atoms with Gasteiger partial charge in [-0.2, -0.15) is 0 Å². The zero-order valence-electron chi connectivity index (χ0n) is 13.1. The summed E-state index contributed by atoms with van der Waals surface area (Å²) in [5.41, 5.74) is 9.04. The Morgan fingerprint density at radius 1 is 1.30 bits per heavy atom. The van der Waals surface area contributed by atoms with Crippen LogP contribution in [0.15, 0.2) is 24.5 Å². The van der Waals surface area contributed by atoms with Crippen molar-refractivity contribution in [1.82, 2.24) is 19.9 Å². The summed E-state index contributed by atoms with van der Waals surface area (Å²) in [6, 6.07) is 4.07. The highest BCUT2D eigenvalue weighted by Gasteiger charge is 2.23. The summed E-state index contributed by atoms with van der Waals surface area (Å²) >= 11 is 0. The third kappa shape index (κ3) is 3.42. The van der Waals surface area contributed by atoms with Crippen molar-refractivity contribution < 1.29 is 4.74 Å². The molecule has 2 aromatic heterocycles. The van der Waals surface area contributed by atoms with Crippen molar-refractivity contribution in [2.75, 3.05) is 18.9 Å². The molecule has 0 radical (unpaired) electrons. The molecule has 120 valence electrons. The van der Waals surface area contributed by atoms with E-state index in [0.29, 0.717) is 5.95 Å². The fourth-order valence-electron chi connectivity index (χ4n) is 2.92. The molecule has 6 nitrogen and oxygen atoms in total. The van der Waals surface area contributed by atoms with Crippen LogP contribution >= 0.6 is 0 Å². The van der Waals surface area contributed by atoms with Gasteiger partial charge in [0.1, 0.15) is 0 Å². The Bertz CT molecular complexity index is 701. The van der Waals surface area contributed by atoms with E-state index >= 15 is 0 Å². The van der Waals surface area contributed by atoms with Crippen molar-refractivity contribution in [3.8, 4) is 5.88 Å². The Labute approximate surface area is 135 Å². The van der Waals surface area contributed by atoms with Gasteiger partial charge in [0.15, 0.2) is 0 Å². The first kappa shape index (κ1) is 14.4. The summed E-state index contributed by atoms with van der Waals surface area (Å²) in [4.78, 5) is 15.2. The highest BCUT2D eigenvalue weighted by molar-refractivity contribution is 5.29. The fourth-order valence-corrected chi connectivity index (χ4v) is 2.92. The molecule has 6 heteroatoms. The number of nitrogen functional groups attached to an aromatic ring is 1. The van der Waals surface area contributed by atoms with E-state index < -0.39 is 0 Å². The van der Waals surface area contributed by atoms with Gasteiger partial charge in [0.25, 0.3) is 0 Å². The van der Waals surface area contributed by atoms with Gasteiger partial charge in [0.2, 0.25) is 11.8 Å². The molecule has 3 heterocycles. The second-order valence-corrected chi connectivity index (χ2v) is 6.38. The third-order valence-corrected chi connectivity index (χ3v) is 4.43. The molecule has 2 N–H and O–H groups in total. The molecule has 1 aliphatic carbocycles. The lowest BCUT2D eigenvalue weighted by Crippen LogP contribution is -2.31. The van der Waals surface area contributed by atoms with Crippen molar-refractivity contribution in [3.05, 3.63) is 41.3 Å². The van der Waals surface area contributed by atoms with Gasteiger partial charge in [-0.3, -0.25) is 4.90 Å². The van der Waals surface area contributed by atoms with Gasteiger partial charge in [-0.05, 0) is 24.8 Å². The van der Waals surface area contributed by atoms with Gasteiger partial charge in [0, 0.05) is 49.6 Å². The molecule has 0 bridgehead atoms. The molecule has 0 aromatic carbocycles. The number of pyridine rings is 1. The van der Waals surface area contributed by atoms with E-state index in [-0.39, 0.29) is 0 Å². The summed E-state index contributed by atoms with van der Waals surface area (Å²) in [5.74, 6) is 1.87. The lowest BCUT2D eigenvalue weighted by atomic mass is 10.1. The zero-order chi connectivity index (χ0) is 15.6. The molecule has 0 amide bonds. The molecular weight excluding hydrogens is 290 g/mol. The molecule has 0 unspecified atom stereocenters. The van der Waals surface area contributed by atoms with Gasteiger partial charge in [-0.1, -0.05) is 6.07 Å². The van der Waals surface area contributed by atoms with E-state index in [0.717, 1.165) is 61.3 Å². The van der Waals surface area contributed by atoms with Crippen LogP contribution in [0.5, 0.6) is 5.88 Å². The fraction of sp³-hybridized carbons (Fsp3) is 0.471. The average Bonchev–Trinajstić information content (AvgIpc) is 3.38. The average molecular weight is 311 g/mol. The molecular formula is C17H21N5O. The summed E-state index contributed by atoms with van der Waals surface area (Å²) < 4.78 is 5.91. The Balaban J connectivity index is 1.45. The summed E-state index contributed by atoms with van der Waals surface area (Å²) in [6.45, 7) is 3.42. The van der Waals surface area contributed by atoms with Gasteiger partial charge in [-0.25, -0.2) is 15.0 Å². The van der Waals surface area contributed by atoms with Crippen LogP contribution in [0.25, 0.3) is 0 Å². The third-order valence-electron chi connectivity index (χ3n) is 4.43. The van der Waals surface area contributed by atoms with Crippen molar-refractivity contribution in [2.24, 2.45) is 5.92 Å². The Morgan fingerprint density at radius 2 is 2.22 bits per heavy atom. The number of hydrogen-bond donors (Lipinski definition) is 1. The van der Waals surface area contributed by atoms with Gasteiger partial charge in [-0.15, -0.1) is 0 Å². The van der Waals surface area contributed by atoms with Crippen LogP contribution in [0.4, 0.5) is 5.95 Å². The number of aromatic nitrogens is 3. The summed E-state index contributed by atoms with van der Waals surface area (Å²) in [6.07, 6.45) is 7.12. The predicted molar refractivity (Wildman–Crippen MR) is 86.7 cm³/mol.